The minimum Gasteiger partial charge on any atom is -0.436 e. The van der Waals surface area contributed by atoms with Crippen LogP contribution in [0, 0.1) is 6.57 Å². The van der Waals surface area contributed by atoms with Gasteiger partial charge in [0.2, 0.25) is 5.69 Å². The maximum atomic E-state index is 6.99. The van der Waals surface area contributed by atoms with Crippen LogP contribution in [0.25, 0.3) is 4.85 Å². The van der Waals surface area contributed by atoms with Crippen LogP contribution in [0.15, 0.2) is 18.2 Å². The molecule has 0 spiro atoms. The predicted molar refractivity (Wildman–Crippen MR) is 66.6 cm³/mol. The van der Waals surface area contributed by atoms with Gasteiger partial charge in [0, 0.05) is 31.0 Å². The van der Waals surface area contributed by atoms with Gasteiger partial charge in [-0.3, -0.25) is 0 Å². The van der Waals surface area contributed by atoms with Gasteiger partial charge in [0.1, 0.15) is 5.75 Å². The average molecular weight is 278 g/mol. The molecule has 0 heterocycles. The highest BCUT2D eigenvalue weighted by atomic mass is 35.5. The van der Waals surface area contributed by atoms with Crippen LogP contribution < -0.4 is 4.52 Å². The molecule has 0 saturated heterocycles. The molecule has 0 bridgehead atoms. The van der Waals surface area contributed by atoms with E-state index in [1.54, 1.807) is 12.1 Å². The highest BCUT2D eigenvalue weighted by Gasteiger charge is 2.20. The van der Waals surface area contributed by atoms with E-state index in [1.165, 1.54) is 20.3 Å². The second kappa shape index (κ2) is 5.62. The zero-order chi connectivity index (χ0) is 12.2. The molecule has 0 aromatic heterocycles. The van der Waals surface area contributed by atoms with Gasteiger partial charge in [0.15, 0.2) is 0 Å². The Kier molecular flexibility index (Phi) is 4.72. The number of hydrogen-bond donors (Lipinski definition) is 0. The SMILES string of the molecule is [C-]#[N+]c1cc(Cl)ccc1OP(=S)(OC)OC. The van der Waals surface area contributed by atoms with Crippen molar-refractivity contribution in [1.29, 1.82) is 0 Å². The number of hydrogen-bond acceptors (Lipinski definition) is 4. The first kappa shape index (κ1) is 13.4. The lowest BCUT2D eigenvalue weighted by atomic mass is 10.3. The molecular formula is C9H9ClNO3PS. The van der Waals surface area contributed by atoms with Gasteiger partial charge >= 0.3 is 6.72 Å². The molecule has 0 N–H and O–H groups in total. The minimum atomic E-state index is -2.81. The van der Waals surface area contributed by atoms with Gasteiger partial charge < -0.3 is 13.6 Å². The Hall–Kier alpha value is -0.630. The molecule has 1 aromatic carbocycles. The van der Waals surface area contributed by atoms with Crippen LogP contribution in [-0.2, 0) is 20.9 Å². The minimum absolute atomic E-state index is 0.274. The second-order valence-electron chi connectivity index (χ2n) is 2.63. The average Bonchev–Trinajstić information content (AvgIpc) is 2.31. The molecule has 0 atom stereocenters. The van der Waals surface area contributed by atoms with E-state index >= 15 is 0 Å². The summed E-state index contributed by atoms with van der Waals surface area (Å²) in [7, 11) is 2.80. The summed E-state index contributed by atoms with van der Waals surface area (Å²) in [4.78, 5) is 3.29. The summed E-state index contributed by atoms with van der Waals surface area (Å²) in [6, 6.07) is 4.67. The van der Waals surface area contributed by atoms with Crippen molar-refractivity contribution < 1.29 is 13.6 Å². The Morgan fingerprint density at radius 1 is 1.38 bits per heavy atom. The lowest BCUT2D eigenvalue weighted by Gasteiger charge is -2.19. The molecule has 0 aliphatic rings. The van der Waals surface area contributed by atoms with Gasteiger partial charge in [-0.05, 0) is 18.2 Å². The standard InChI is InChI=1S/C9H9ClNO3PS/c1-11-8-6-7(10)4-5-9(8)14-15(16,12-2)13-3/h4-6H,2-3H3. The van der Waals surface area contributed by atoms with E-state index < -0.39 is 6.72 Å². The monoisotopic (exact) mass is 277 g/mol. The summed E-state index contributed by atoms with van der Waals surface area (Å²) < 4.78 is 15.3. The molecule has 0 aliphatic carbocycles. The molecular weight excluding hydrogens is 269 g/mol. The number of benzene rings is 1. The molecule has 0 amide bonds. The van der Waals surface area contributed by atoms with Crippen LogP contribution in [0.1, 0.15) is 0 Å². The Bertz CT molecular complexity index is 466. The largest absolute Gasteiger partial charge is 0.436 e. The molecule has 7 heteroatoms. The Morgan fingerprint density at radius 3 is 2.50 bits per heavy atom. The summed E-state index contributed by atoms with van der Waals surface area (Å²) in [6.45, 7) is 4.17. The predicted octanol–water partition coefficient (Wildman–Crippen LogP) is 3.79. The molecule has 0 unspecified atom stereocenters. The van der Waals surface area contributed by atoms with E-state index in [-0.39, 0.29) is 5.69 Å². The fourth-order valence-corrected chi connectivity index (χ4v) is 2.03. The fourth-order valence-electron chi connectivity index (χ4n) is 0.925. The summed E-state index contributed by atoms with van der Waals surface area (Å²) in [5, 5.41) is 0.460. The molecule has 0 aliphatic heterocycles. The van der Waals surface area contributed by atoms with E-state index in [1.807, 2.05) is 0 Å². The maximum absolute atomic E-state index is 6.99. The summed E-state index contributed by atoms with van der Waals surface area (Å²) in [6.07, 6.45) is 0. The zero-order valence-corrected chi connectivity index (χ0v) is 11.1. The summed E-state index contributed by atoms with van der Waals surface area (Å²) in [5.74, 6) is 0.312. The van der Waals surface area contributed by atoms with Crippen LogP contribution >= 0.6 is 18.3 Å². The molecule has 16 heavy (non-hydrogen) atoms. The highest BCUT2D eigenvalue weighted by Crippen LogP contribution is 2.50. The van der Waals surface area contributed by atoms with Gasteiger partial charge in [-0.25, -0.2) is 4.85 Å². The van der Waals surface area contributed by atoms with Crippen LogP contribution in [0.5, 0.6) is 5.75 Å². The third-order valence-corrected chi connectivity index (χ3v) is 4.37. The third-order valence-electron chi connectivity index (χ3n) is 1.70. The van der Waals surface area contributed by atoms with Crippen LogP contribution in [0.2, 0.25) is 5.02 Å². The van der Waals surface area contributed by atoms with E-state index in [0.29, 0.717) is 10.8 Å². The van der Waals surface area contributed by atoms with Crippen molar-refractivity contribution in [2.24, 2.45) is 0 Å². The Morgan fingerprint density at radius 2 is 2.00 bits per heavy atom. The van der Waals surface area contributed by atoms with E-state index in [9.17, 15) is 0 Å². The summed E-state index contributed by atoms with van der Waals surface area (Å²) >= 11 is 10.8. The van der Waals surface area contributed by atoms with Gasteiger partial charge in [-0.2, -0.15) is 0 Å². The molecule has 86 valence electrons. The normalized spacial score (nSPS) is 10.9. The topological polar surface area (TPSA) is 32.0 Å². The molecule has 1 aromatic rings. The Balaban J connectivity index is 3.07. The first-order valence-corrected chi connectivity index (χ1v) is 7.06. The fraction of sp³-hybridized carbons (Fsp3) is 0.222. The lowest BCUT2D eigenvalue weighted by Crippen LogP contribution is -1.96. The highest BCUT2D eigenvalue weighted by molar-refractivity contribution is 8.07. The smallest absolute Gasteiger partial charge is 0.378 e. The van der Waals surface area contributed by atoms with Crippen molar-refractivity contribution in [1.82, 2.24) is 0 Å². The maximum Gasteiger partial charge on any atom is 0.378 e. The number of rotatable bonds is 4. The quantitative estimate of drug-likeness (QED) is 0.619. The van der Waals surface area contributed by atoms with Gasteiger partial charge in [0.05, 0.1) is 6.57 Å². The van der Waals surface area contributed by atoms with E-state index in [0.717, 1.165) is 0 Å². The van der Waals surface area contributed by atoms with Crippen LogP contribution in [0.4, 0.5) is 5.69 Å². The zero-order valence-electron chi connectivity index (χ0n) is 8.64. The van der Waals surface area contributed by atoms with Crippen LogP contribution in [-0.4, -0.2) is 14.2 Å². The van der Waals surface area contributed by atoms with Gasteiger partial charge in [-0.15, -0.1) is 0 Å². The van der Waals surface area contributed by atoms with E-state index in [4.69, 9.17) is 43.6 Å². The first-order chi connectivity index (χ1) is 7.54. The van der Waals surface area contributed by atoms with Crippen molar-refractivity contribution in [2.75, 3.05) is 14.2 Å². The molecule has 4 nitrogen and oxygen atoms in total. The number of halogens is 1. The van der Waals surface area contributed by atoms with Crippen molar-refractivity contribution in [3.63, 3.8) is 0 Å². The molecule has 1 rings (SSSR count). The second-order valence-corrected chi connectivity index (χ2v) is 6.21. The molecule has 0 radical (unpaired) electrons. The molecule has 0 fully saturated rings. The van der Waals surface area contributed by atoms with Gasteiger partial charge in [0.25, 0.3) is 0 Å². The van der Waals surface area contributed by atoms with E-state index in [2.05, 4.69) is 4.85 Å². The summed E-state index contributed by atoms with van der Waals surface area (Å²) in [5.41, 5.74) is 0.274. The van der Waals surface area contributed by atoms with Crippen molar-refractivity contribution in [3.05, 3.63) is 34.6 Å². The van der Waals surface area contributed by atoms with Crippen molar-refractivity contribution in [2.45, 2.75) is 0 Å². The van der Waals surface area contributed by atoms with Crippen molar-refractivity contribution >= 4 is 35.8 Å². The van der Waals surface area contributed by atoms with Gasteiger partial charge in [-0.1, -0.05) is 11.6 Å². The lowest BCUT2D eigenvalue weighted by molar-refractivity contribution is 0.273. The van der Waals surface area contributed by atoms with Crippen LogP contribution in [0.3, 0.4) is 0 Å². The number of nitrogens with zero attached hydrogens (tertiary/aromatic N) is 1. The molecule has 0 saturated carbocycles. The first-order valence-electron chi connectivity index (χ1n) is 4.13. The Labute approximate surface area is 104 Å². The third kappa shape index (κ3) is 3.18. The van der Waals surface area contributed by atoms with Crippen molar-refractivity contribution in [3.8, 4) is 5.75 Å².